The van der Waals surface area contributed by atoms with Crippen molar-refractivity contribution in [2.75, 3.05) is 6.61 Å². The smallest absolute Gasteiger partial charge is 0.394 e. The van der Waals surface area contributed by atoms with Crippen molar-refractivity contribution < 1.29 is 33.5 Å². The van der Waals surface area contributed by atoms with Gasteiger partial charge in [0.1, 0.15) is 18.3 Å². The van der Waals surface area contributed by atoms with Crippen LogP contribution in [0.3, 0.4) is 0 Å². The van der Waals surface area contributed by atoms with E-state index in [0.717, 1.165) is 0 Å². The number of hydrogen-bond acceptors (Lipinski definition) is 6. The first-order valence-corrected chi connectivity index (χ1v) is 5.17. The summed E-state index contributed by atoms with van der Waals surface area (Å²) in [5.41, 5.74) is 0. The third kappa shape index (κ3) is 1.53. The Morgan fingerprint density at radius 3 is 2.54 bits per heavy atom. The van der Waals surface area contributed by atoms with Crippen LogP contribution in [0.15, 0.2) is 0 Å². The number of rotatable bonds is 1. The zero-order chi connectivity index (χ0) is 9.64. The molecule has 0 aliphatic carbocycles. The Morgan fingerprint density at radius 1 is 1.31 bits per heavy atom. The number of aliphatic hydroxyl groups excluding tert-OH is 2. The molecule has 0 bridgehead atoms. The minimum Gasteiger partial charge on any atom is -0.394 e. The third-order valence-corrected chi connectivity index (χ3v) is 2.99. The molecule has 5 atom stereocenters. The van der Waals surface area contributed by atoms with Crippen LogP contribution in [0.25, 0.3) is 0 Å². The number of hydrogen-bond donors (Lipinski definition) is 3. The molecule has 8 heteroatoms. The number of phosphoric acid groups is 1. The Hall–Kier alpha value is -0.0100. The molecule has 13 heavy (non-hydrogen) atoms. The molecule has 0 radical (unpaired) electrons. The molecular formula is C5H9O7P. The highest BCUT2D eigenvalue weighted by Gasteiger charge is 2.56. The third-order valence-electron chi connectivity index (χ3n) is 1.98. The van der Waals surface area contributed by atoms with Gasteiger partial charge in [0.15, 0.2) is 6.29 Å². The average molecular weight is 212 g/mol. The lowest BCUT2D eigenvalue weighted by atomic mass is 10.1. The number of aliphatic hydroxyl groups is 2. The van der Waals surface area contributed by atoms with Gasteiger partial charge < -0.3 is 19.8 Å². The second-order valence-electron chi connectivity index (χ2n) is 2.86. The Bertz CT molecular complexity index is 255. The van der Waals surface area contributed by atoms with Crippen LogP contribution in [0.2, 0.25) is 0 Å². The van der Waals surface area contributed by atoms with Crippen molar-refractivity contribution in [3.05, 3.63) is 0 Å². The molecule has 1 unspecified atom stereocenters. The molecular weight excluding hydrogens is 203 g/mol. The predicted octanol–water partition coefficient (Wildman–Crippen LogP) is -1.42. The van der Waals surface area contributed by atoms with Gasteiger partial charge >= 0.3 is 7.82 Å². The first-order valence-electron chi connectivity index (χ1n) is 3.67. The van der Waals surface area contributed by atoms with Crippen LogP contribution in [0.4, 0.5) is 0 Å². The second kappa shape index (κ2) is 2.99. The number of ether oxygens (including phenoxy) is 1. The van der Waals surface area contributed by atoms with Gasteiger partial charge in [0, 0.05) is 0 Å². The highest BCUT2D eigenvalue weighted by atomic mass is 31.2. The molecule has 0 aromatic carbocycles. The molecule has 2 fully saturated rings. The fourth-order valence-electron chi connectivity index (χ4n) is 1.43. The standard InChI is InChI=1S/C5H9O7P/c6-1-2-3-4(5(7)10-2)12-13(8,9)11-3/h2-7H,1H2,(H,8,9)/t2-,3-,4-,5-/m1/s1. The molecule has 2 rings (SSSR count). The molecule has 0 amide bonds. The minimum absolute atomic E-state index is 0.401. The van der Waals surface area contributed by atoms with E-state index < -0.39 is 39.0 Å². The van der Waals surface area contributed by atoms with E-state index in [2.05, 4.69) is 9.05 Å². The number of phosphoric ester groups is 1. The summed E-state index contributed by atoms with van der Waals surface area (Å²) in [5, 5.41) is 17.9. The van der Waals surface area contributed by atoms with E-state index in [1.54, 1.807) is 0 Å². The summed E-state index contributed by atoms with van der Waals surface area (Å²) in [7, 11) is -4.06. The molecule has 3 N–H and O–H groups in total. The summed E-state index contributed by atoms with van der Waals surface area (Å²) in [6, 6.07) is 0. The van der Waals surface area contributed by atoms with E-state index in [-0.39, 0.29) is 0 Å². The van der Waals surface area contributed by atoms with Crippen LogP contribution in [-0.2, 0) is 18.3 Å². The van der Waals surface area contributed by atoms with Gasteiger partial charge in [-0.2, -0.15) is 0 Å². The van der Waals surface area contributed by atoms with Gasteiger partial charge in [-0.05, 0) is 0 Å². The van der Waals surface area contributed by atoms with Gasteiger partial charge in [-0.3, -0.25) is 9.05 Å². The molecule has 2 aliphatic heterocycles. The fraction of sp³-hybridized carbons (Fsp3) is 1.00. The van der Waals surface area contributed by atoms with E-state index >= 15 is 0 Å². The number of fused-ring (bicyclic) bond motifs is 1. The Labute approximate surface area is 73.5 Å². The van der Waals surface area contributed by atoms with E-state index in [9.17, 15) is 4.57 Å². The Morgan fingerprint density at radius 2 is 1.92 bits per heavy atom. The first kappa shape index (κ1) is 9.54. The van der Waals surface area contributed by atoms with Crippen molar-refractivity contribution in [2.45, 2.75) is 24.6 Å². The van der Waals surface area contributed by atoms with Gasteiger partial charge in [-0.15, -0.1) is 0 Å². The molecule has 2 saturated heterocycles. The van der Waals surface area contributed by atoms with Crippen LogP contribution in [-0.4, -0.2) is 46.3 Å². The maximum absolute atomic E-state index is 10.9. The van der Waals surface area contributed by atoms with E-state index in [0.29, 0.717) is 0 Å². The van der Waals surface area contributed by atoms with Gasteiger partial charge in [0.05, 0.1) is 6.61 Å². The normalized spacial score (nSPS) is 55.3. The highest BCUT2D eigenvalue weighted by Crippen LogP contribution is 2.56. The fourth-order valence-corrected chi connectivity index (χ4v) is 2.57. The first-order chi connectivity index (χ1) is 6.03. The summed E-state index contributed by atoms with van der Waals surface area (Å²) >= 11 is 0. The molecule has 0 aromatic rings. The van der Waals surface area contributed by atoms with Crippen molar-refractivity contribution in [2.24, 2.45) is 0 Å². The topological polar surface area (TPSA) is 105 Å². The van der Waals surface area contributed by atoms with Crippen LogP contribution >= 0.6 is 7.82 Å². The molecule has 0 saturated carbocycles. The van der Waals surface area contributed by atoms with Crippen molar-refractivity contribution >= 4 is 7.82 Å². The lowest BCUT2D eigenvalue weighted by Crippen LogP contribution is -2.31. The summed E-state index contributed by atoms with van der Waals surface area (Å²) in [6.45, 7) is -0.401. The maximum Gasteiger partial charge on any atom is 0.473 e. The SMILES string of the molecule is O=P1(O)O[C@@H]2[C@H](O1)[C@@H](CO)O[C@H]2O. The van der Waals surface area contributed by atoms with Crippen LogP contribution < -0.4 is 0 Å². The highest BCUT2D eigenvalue weighted by molar-refractivity contribution is 7.47. The van der Waals surface area contributed by atoms with E-state index in [1.165, 1.54) is 0 Å². The molecule has 76 valence electrons. The van der Waals surface area contributed by atoms with Crippen LogP contribution in [0.1, 0.15) is 0 Å². The maximum atomic E-state index is 10.9. The molecule has 2 aliphatic rings. The van der Waals surface area contributed by atoms with Crippen molar-refractivity contribution in [3.8, 4) is 0 Å². The monoisotopic (exact) mass is 212 g/mol. The quantitative estimate of drug-likeness (QED) is 0.458. The summed E-state index contributed by atoms with van der Waals surface area (Å²) < 4.78 is 24.8. The van der Waals surface area contributed by atoms with Crippen molar-refractivity contribution in [1.29, 1.82) is 0 Å². The van der Waals surface area contributed by atoms with Crippen LogP contribution in [0, 0.1) is 0 Å². The van der Waals surface area contributed by atoms with E-state index in [1.807, 2.05) is 0 Å². The molecule has 0 spiro atoms. The Balaban J connectivity index is 2.17. The van der Waals surface area contributed by atoms with Crippen molar-refractivity contribution in [1.82, 2.24) is 0 Å². The zero-order valence-electron chi connectivity index (χ0n) is 6.44. The zero-order valence-corrected chi connectivity index (χ0v) is 7.33. The van der Waals surface area contributed by atoms with Gasteiger partial charge in [0.25, 0.3) is 0 Å². The Kier molecular flexibility index (Phi) is 2.20. The van der Waals surface area contributed by atoms with Gasteiger partial charge in [0.2, 0.25) is 0 Å². The summed E-state index contributed by atoms with van der Waals surface area (Å²) in [6.07, 6.45) is -4.02. The van der Waals surface area contributed by atoms with Gasteiger partial charge in [-0.25, -0.2) is 4.57 Å². The van der Waals surface area contributed by atoms with Crippen LogP contribution in [0.5, 0.6) is 0 Å². The largest absolute Gasteiger partial charge is 0.473 e. The summed E-state index contributed by atoms with van der Waals surface area (Å²) in [4.78, 5) is 8.89. The lowest BCUT2D eigenvalue weighted by Gasteiger charge is -2.12. The molecule has 2 heterocycles. The lowest BCUT2D eigenvalue weighted by molar-refractivity contribution is -0.133. The second-order valence-corrected chi connectivity index (χ2v) is 4.22. The predicted molar refractivity (Wildman–Crippen MR) is 37.5 cm³/mol. The summed E-state index contributed by atoms with van der Waals surface area (Å²) in [5.74, 6) is 0. The molecule has 0 aromatic heterocycles. The minimum atomic E-state index is -4.06. The van der Waals surface area contributed by atoms with Crippen molar-refractivity contribution in [3.63, 3.8) is 0 Å². The van der Waals surface area contributed by atoms with Gasteiger partial charge in [-0.1, -0.05) is 0 Å². The van der Waals surface area contributed by atoms with E-state index in [4.69, 9.17) is 19.8 Å². The average Bonchev–Trinajstić information content (AvgIpc) is 2.47. The molecule has 7 nitrogen and oxygen atoms in total.